The molecule has 13 nitrogen and oxygen atoms in total. The van der Waals surface area contributed by atoms with E-state index >= 15 is 0 Å². The zero-order valence-corrected chi connectivity index (χ0v) is 26.2. The fraction of sp³-hybridized carbons (Fsp3) is 0.536. The first kappa shape index (κ1) is 37.3. The number of rotatable bonds is 20. The highest BCUT2D eigenvalue weighted by Gasteiger charge is 2.37. The van der Waals surface area contributed by atoms with Crippen molar-refractivity contribution in [1.82, 2.24) is 10.6 Å². The number of amides is 2. The van der Waals surface area contributed by atoms with Crippen LogP contribution in [0.3, 0.4) is 0 Å². The molecular formula is C28H39BN3O10S2. The molecule has 241 valence electrons. The van der Waals surface area contributed by atoms with Crippen LogP contribution >= 0.6 is 21.6 Å². The number of carbonyl (C=O) groups excluding carboxylic acids is 3. The maximum atomic E-state index is 12.1. The molecule has 0 saturated carbocycles. The number of carbonyl (C=O) groups is 3. The normalized spacial score (nSPS) is 17.8. The molecule has 0 spiro atoms. The molecule has 0 bridgehead atoms. The van der Waals surface area contributed by atoms with Gasteiger partial charge in [-0.15, -0.1) is 0 Å². The van der Waals surface area contributed by atoms with Gasteiger partial charge in [0.15, 0.2) is 0 Å². The summed E-state index contributed by atoms with van der Waals surface area (Å²) in [4.78, 5) is 35.8. The van der Waals surface area contributed by atoms with Gasteiger partial charge in [0.1, 0.15) is 43.2 Å². The zero-order valence-electron chi connectivity index (χ0n) is 24.6. The number of aliphatic hydroxyl groups excluding tert-OH is 1. The van der Waals surface area contributed by atoms with Crippen LogP contribution in [0.4, 0.5) is 4.79 Å². The Morgan fingerprint density at radius 3 is 2.91 bits per heavy atom. The molecule has 1 radical (unpaired) electrons. The van der Waals surface area contributed by atoms with E-state index in [2.05, 4.69) is 29.0 Å². The molecule has 4 atom stereocenters. The highest BCUT2D eigenvalue weighted by atomic mass is 33.1. The van der Waals surface area contributed by atoms with E-state index in [1.54, 1.807) is 31.5 Å². The number of aliphatic hydroxyl groups is 1. The van der Waals surface area contributed by atoms with E-state index in [0.29, 0.717) is 30.8 Å². The third-order valence-corrected chi connectivity index (χ3v) is 7.50. The molecule has 0 aromatic heterocycles. The van der Waals surface area contributed by atoms with Gasteiger partial charge in [0.25, 0.3) is 13.2 Å². The largest absolute Gasteiger partial charge is 0.508 e. The van der Waals surface area contributed by atoms with Crippen LogP contribution in [0, 0.1) is 11.7 Å². The highest BCUT2D eigenvalue weighted by Crippen LogP contribution is 2.26. The summed E-state index contributed by atoms with van der Waals surface area (Å²) in [5.74, 6) is 5.56. The van der Waals surface area contributed by atoms with Crippen LogP contribution < -0.4 is 21.1 Å². The lowest BCUT2D eigenvalue weighted by Crippen LogP contribution is -2.30. The summed E-state index contributed by atoms with van der Waals surface area (Å²) in [7, 11) is 4.58. The topological polar surface area (TPSA) is 177 Å². The maximum absolute atomic E-state index is 12.1. The molecule has 1 aromatic carbocycles. The molecule has 2 rings (SSSR count). The first-order chi connectivity index (χ1) is 21.4. The van der Waals surface area contributed by atoms with Crippen molar-refractivity contribution in [2.24, 2.45) is 5.73 Å². The third-order valence-electron chi connectivity index (χ3n) is 5.60. The summed E-state index contributed by atoms with van der Waals surface area (Å²) in [6.45, 7) is 4.53. The lowest BCUT2D eigenvalue weighted by Gasteiger charge is -2.17. The molecule has 2 unspecified atom stereocenters. The number of ether oxygens (including phenoxy) is 6. The molecular weight excluding hydrogens is 613 g/mol. The lowest BCUT2D eigenvalue weighted by molar-refractivity contribution is -0.126. The number of benzene rings is 1. The Hall–Kier alpha value is -2.91. The molecule has 0 aliphatic carbocycles. The Morgan fingerprint density at radius 2 is 2.16 bits per heavy atom. The van der Waals surface area contributed by atoms with Gasteiger partial charge >= 0.3 is 6.16 Å². The summed E-state index contributed by atoms with van der Waals surface area (Å²) in [5, 5.41) is 14.8. The number of hydrogen-bond donors (Lipinski definition) is 4. The number of nitrogens with one attached hydrogen (secondary N) is 2. The van der Waals surface area contributed by atoms with E-state index in [1.165, 1.54) is 27.7 Å². The minimum absolute atomic E-state index is 0.0197. The Morgan fingerprint density at radius 1 is 1.32 bits per heavy atom. The van der Waals surface area contributed by atoms with Crippen molar-refractivity contribution in [3.63, 3.8) is 0 Å². The monoisotopic (exact) mass is 652 g/mol. The van der Waals surface area contributed by atoms with Crippen molar-refractivity contribution in [1.29, 1.82) is 0 Å². The second kappa shape index (κ2) is 22.6. The van der Waals surface area contributed by atoms with Crippen LogP contribution in [0.1, 0.15) is 16.8 Å². The predicted molar refractivity (Wildman–Crippen MR) is 168 cm³/mol. The van der Waals surface area contributed by atoms with Gasteiger partial charge in [-0.05, 0) is 24.5 Å². The Labute approximate surface area is 266 Å². The van der Waals surface area contributed by atoms with E-state index in [9.17, 15) is 19.5 Å². The first-order valence-electron chi connectivity index (χ1n) is 13.8. The molecule has 5 N–H and O–H groups in total. The standard InChI is InChI=1S/C28H39BN3O10S2/c1-3-12-39-28(36)42-22-16-24(41-23(22)17-33)29-8-5-10-31-25(34)18-37-13-14-38-26(44-43-2)19-40-21-7-4-6-20(15-21)27(35)32-11-9-30/h3-4,6-7,15,22-24,26,33H,1,9-14,16-19,30H2,2H3,(H,31,34)(H,32,35)/t22-,23?,24-,26?/m1/s1. The minimum Gasteiger partial charge on any atom is -0.490 e. The first-order valence-corrected chi connectivity index (χ1v) is 16.4. The van der Waals surface area contributed by atoms with Gasteiger partial charge in [0.05, 0.1) is 26.4 Å². The van der Waals surface area contributed by atoms with Crippen molar-refractivity contribution in [2.75, 3.05) is 65.5 Å². The maximum Gasteiger partial charge on any atom is 0.508 e. The van der Waals surface area contributed by atoms with Gasteiger partial charge in [-0.2, -0.15) is 5.82 Å². The van der Waals surface area contributed by atoms with Gasteiger partial charge in [-0.25, -0.2) is 4.79 Å². The minimum atomic E-state index is -0.864. The number of nitrogens with two attached hydrogens (primary N) is 1. The molecule has 44 heavy (non-hydrogen) atoms. The van der Waals surface area contributed by atoms with Crippen molar-refractivity contribution in [3.05, 3.63) is 42.5 Å². The second-order valence-corrected chi connectivity index (χ2v) is 11.5. The SMILES string of the molecule is C=CCOC(=O)O[C@@H]1C[C@H]([B]C#CCNC(=O)COCCOC(COc2cccc(C(=O)NCCN)c2)SSC)OC1CO. The fourth-order valence-corrected chi connectivity index (χ4v) is 5.08. The van der Waals surface area contributed by atoms with Crippen LogP contribution in [0.15, 0.2) is 36.9 Å². The smallest absolute Gasteiger partial charge is 0.490 e. The average molecular weight is 653 g/mol. The molecule has 2 amide bonds. The van der Waals surface area contributed by atoms with Crippen LogP contribution in [0.25, 0.3) is 0 Å². The van der Waals surface area contributed by atoms with Gasteiger partial charge in [0.2, 0.25) is 5.91 Å². The van der Waals surface area contributed by atoms with Crippen LogP contribution in [-0.2, 0) is 28.5 Å². The van der Waals surface area contributed by atoms with Crippen LogP contribution in [0.5, 0.6) is 5.75 Å². The van der Waals surface area contributed by atoms with E-state index in [1.807, 2.05) is 6.26 Å². The predicted octanol–water partition coefficient (Wildman–Crippen LogP) is 0.721. The van der Waals surface area contributed by atoms with Crippen molar-refractivity contribution < 1.29 is 47.9 Å². The van der Waals surface area contributed by atoms with E-state index in [4.69, 9.17) is 34.2 Å². The molecule has 16 heteroatoms. The van der Waals surface area contributed by atoms with Crippen LogP contribution in [0.2, 0.25) is 0 Å². The van der Waals surface area contributed by atoms with E-state index in [-0.39, 0.29) is 63.4 Å². The third kappa shape index (κ3) is 15.2. The highest BCUT2D eigenvalue weighted by molar-refractivity contribution is 8.76. The van der Waals surface area contributed by atoms with Gasteiger partial charge in [-0.3, -0.25) is 9.59 Å². The van der Waals surface area contributed by atoms with Crippen LogP contribution in [-0.4, -0.2) is 120 Å². The second-order valence-electron chi connectivity index (χ2n) is 8.90. The summed E-state index contributed by atoms with van der Waals surface area (Å²) >= 11 is 0. The lowest BCUT2D eigenvalue weighted by atomic mass is 9.71. The summed E-state index contributed by atoms with van der Waals surface area (Å²) in [6, 6.07) is 6.40. The Bertz CT molecular complexity index is 1110. The number of hydrogen-bond acceptors (Lipinski definition) is 13. The molecule has 1 saturated heterocycles. The van der Waals surface area contributed by atoms with E-state index in [0.717, 1.165) is 0 Å². The summed E-state index contributed by atoms with van der Waals surface area (Å²) in [5.41, 5.74) is 5.61. The van der Waals surface area contributed by atoms with Crippen molar-refractivity contribution in [2.45, 2.75) is 30.1 Å². The van der Waals surface area contributed by atoms with Gasteiger partial charge in [0, 0.05) is 31.1 Å². The molecule has 1 fully saturated rings. The van der Waals surface area contributed by atoms with E-state index < -0.39 is 24.4 Å². The fourth-order valence-electron chi connectivity index (χ4n) is 3.62. The van der Waals surface area contributed by atoms with Gasteiger partial charge < -0.3 is 49.9 Å². The molecule has 1 aromatic rings. The zero-order chi connectivity index (χ0) is 32.0. The molecule has 1 aliphatic rings. The molecule has 1 aliphatic heterocycles. The van der Waals surface area contributed by atoms with Gasteiger partial charge in [-0.1, -0.05) is 46.2 Å². The Balaban J connectivity index is 1.60. The summed E-state index contributed by atoms with van der Waals surface area (Å²) in [6.07, 6.45) is 1.44. The quantitative estimate of drug-likeness (QED) is 0.0295. The average Bonchev–Trinajstić information content (AvgIpc) is 3.42. The Kier molecular flexibility index (Phi) is 19.1. The summed E-state index contributed by atoms with van der Waals surface area (Å²) < 4.78 is 32.6. The van der Waals surface area contributed by atoms with Crippen molar-refractivity contribution in [3.8, 4) is 17.5 Å². The van der Waals surface area contributed by atoms with Crippen molar-refractivity contribution >= 4 is 46.8 Å². The molecule has 1 heterocycles.